The van der Waals surface area contributed by atoms with Gasteiger partial charge in [-0.3, -0.25) is 9.48 Å². The van der Waals surface area contributed by atoms with Crippen LogP contribution in [0.15, 0.2) is 42.7 Å². The minimum atomic E-state index is -0.491. The third-order valence-corrected chi connectivity index (χ3v) is 4.77. The molecular formula is C18H25ClN4O2. The SMILES string of the molecule is Cl.NCC1(C(=O)NCc2ccccc2Cn2cccn2)CCOCC1. The summed E-state index contributed by atoms with van der Waals surface area (Å²) in [5, 5.41) is 7.32. The Morgan fingerprint density at radius 3 is 2.60 bits per heavy atom. The normalized spacial score (nSPS) is 16.0. The van der Waals surface area contributed by atoms with Crippen molar-refractivity contribution in [3.05, 3.63) is 53.9 Å². The quantitative estimate of drug-likeness (QED) is 0.817. The second kappa shape index (κ2) is 8.99. The molecule has 7 heteroatoms. The molecular weight excluding hydrogens is 340 g/mol. The number of ether oxygens (including phenoxy) is 1. The first kappa shape index (κ1) is 19.4. The van der Waals surface area contributed by atoms with Gasteiger partial charge in [0.15, 0.2) is 0 Å². The predicted molar refractivity (Wildman–Crippen MR) is 98.4 cm³/mol. The molecule has 2 aromatic rings. The maximum atomic E-state index is 12.7. The molecule has 3 rings (SSSR count). The summed E-state index contributed by atoms with van der Waals surface area (Å²) in [5.74, 6) is 0.0298. The molecule has 1 saturated heterocycles. The molecule has 2 heterocycles. The fourth-order valence-corrected chi connectivity index (χ4v) is 3.10. The fourth-order valence-electron chi connectivity index (χ4n) is 3.10. The fraction of sp³-hybridized carbons (Fsp3) is 0.444. The van der Waals surface area contributed by atoms with E-state index in [-0.39, 0.29) is 18.3 Å². The molecule has 0 atom stereocenters. The van der Waals surface area contributed by atoms with Gasteiger partial charge in [-0.15, -0.1) is 12.4 Å². The van der Waals surface area contributed by atoms with E-state index in [1.54, 1.807) is 6.20 Å². The topological polar surface area (TPSA) is 82.2 Å². The van der Waals surface area contributed by atoms with Crippen LogP contribution in [0.3, 0.4) is 0 Å². The van der Waals surface area contributed by atoms with Gasteiger partial charge in [0.05, 0.1) is 12.0 Å². The van der Waals surface area contributed by atoms with Crippen LogP contribution in [0.2, 0.25) is 0 Å². The van der Waals surface area contributed by atoms with E-state index in [1.165, 1.54) is 0 Å². The van der Waals surface area contributed by atoms with Crippen molar-refractivity contribution in [3.8, 4) is 0 Å². The first-order valence-electron chi connectivity index (χ1n) is 8.34. The highest BCUT2D eigenvalue weighted by molar-refractivity contribution is 5.85. The van der Waals surface area contributed by atoms with Gasteiger partial charge >= 0.3 is 0 Å². The summed E-state index contributed by atoms with van der Waals surface area (Å²) in [5.41, 5.74) is 7.66. The van der Waals surface area contributed by atoms with Gasteiger partial charge in [-0.05, 0) is 30.0 Å². The number of carbonyl (C=O) groups is 1. The Kier molecular flexibility index (Phi) is 6.99. The summed E-state index contributed by atoms with van der Waals surface area (Å²) in [6.07, 6.45) is 5.07. The van der Waals surface area contributed by atoms with Crippen molar-refractivity contribution in [3.63, 3.8) is 0 Å². The van der Waals surface area contributed by atoms with Crippen LogP contribution in [0.25, 0.3) is 0 Å². The molecule has 0 aliphatic carbocycles. The molecule has 136 valence electrons. The predicted octanol–water partition coefficient (Wildman–Crippen LogP) is 1.72. The molecule has 0 radical (unpaired) electrons. The van der Waals surface area contributed by atoms with Gasteiger partial charge in [0, 0.05) is 38.7 Å². The van der Waals surface area contributed by atoms with Gasteiger partial charge in [0.2, 0.25) is 5.91 Å². The zero-order chi connectivity index (χ0) is 16.8. The second-order valence-corrected chi connectivity index (χ2v) is 6.25. The standard InChI is InChI=1S/C18H24N4O2.ClH/c19-14-18(6-10-24-11-7-18)17(23)20-12-15-4-1-2-5-16(15)13-22-9-3-8-21-22;/h1-5,8-9H,6-7,10-14,19H2,(H,20,23);1H. The van der Waals surface area contributed by atoms with E-state index in [1.807, 2.05) is 35.1 Å². The van der Waals surface area contributed by atoms with E-state index in [9.17, 15) is 4.79 Å². The number of nitrogens with one attached hydrogen (secondary N) is 1. The number of benzene rings is 1. The lowest BCUT2D eigenvalue weighted by atomic mass is 9.79. The van der Waals surface area contributed by atoms with Gasteiger partial charge in [0.1, 0.15) is 0 Å². The van der Waals surface area contributed by atoms with Crippen LogP contribution in [0.5, 0.6) is 0 Å². The summed E-state index contributed by atoms with van der Waals surface area (Å²) in [7, 11) is 0. The average molecular weight is 365 g/mol. The van der Waals surface area contributed by atoms with Crippen molar-refractivity contribution in [2.24, 2.45) is 11.1 Å². The zero-order valence-corrected chi connectivity index (χ0v) is 15.0. The monoisotopic (exact) mass is 364 g/mol. The van der Waals surface area contributed by atoms with Crippen molar-refractivity contribution >= 4 is 18.3 Å². The molecule has 1 aliphatic rings. The van der Waals surface area contributed by atoms with Crippen LogP contribution in [0, 0.1) is 5.41 Å². The summed E-state index contributed by atoms with van der Waals surface area (Å²) < 4.78 is 7.25. The van der Waals surface area contributed by atoms with E-state index in [2.05, 4.69) is 16.5 Å². The van der Waals surface area contributed by atoms with Gasteiger partial charge in [-0.1, -0.05) is 24.3 Å². The maximum absolute atomic E-state index is 12.7. The Hall–Kier alpha value is -1.89. The summed E-state index contributed by atoms with van der Waals surface area (Å²) in [6.45, 7) is 2.74. The molecule has 1 amide bonds. The maximum Gasteiger partial charge on any atom is 0.227 e. The lowest BCUT2D eigenvalue weighted by Crippen LogP contribution is -2.49. The van der Waals surface area contributed by atoms with Gasteiger partial charge < -0.3 is 15.8 Å². The van der Waals surface area contributed by atoms with Crippen LogP contribution in [-0.4, -0.2) is 35.4 Å². The Bertz CT molecular complexity index is 669. The summed E-state index contributed by atoms with van der Waals surface area (Å²) >= 11 is 0. The van der Waals surface area contributed by atoms with Crippen molar-refractivity contribution in [1.82, 2.24) is 15.1 Å². The highest BCUT2D eigenvalue weighted by Gasteiger charge is 2.38. The number of amides is 1. The number of aromatic nitrogens is 2. The number of hydrogen-bond acceptors (Lipinski definition) is 4. The minimum Gasteiger partial charge on any atom is -0.381 e. The van der Waals surface area contributed by atoms with Gasteiger partial charge in [0.25, 0.3) is 0 Å². The van der Waals surface area contributed by atoms with Crippen LogP contribution >= 0.6 is 12.4 Å². The van der Waals surface area contributed by atoms with E-state index in [0.29, 0.717) is 45.7 Å². The Balaban J connectivity index is 0.00000225. The lowest BCUT2D eigenvalue weighted by molar-refractivity contribution is -0.136. The van der Waals surface area contributed by atoms with Crippen LogP contribution in [0.4, 0.5) is 0 Å². The van der Waals surface area contributed by atoms with E-state index < -0.39 is 5.41 Å². The zero-order valence-electron chi connectivity index (χ0n) is 14.2. The molecule has 0 unspecified atom stereocenters. The second-order valence-electron chi connectivity index (χ2n) is 6.25. The summed E-state index contributed by atoms with van der Waals surface area (Å²) in [6, 6.07) is 10.0. The molecule has 1 aromatic heterocycles. The van der Waals surface area contributed by atoms with Crippen LogP contribution in [-0.2, 0) is 22.6 Å². The molecule has 0 spiro atoms. The van der Waals surface area contributed by atoms with E-state index in [0.717, 1.165) is 11.1 Å². The number of nitrogens with zero attached hydrogens (tertiary/aromatic N) is 2. The number of halogens is 1. The molecule has 1 aromatic carbocycles. The Morgan fingerprint density at radius 2 is 1.96 bits per heavy atom. The summed E-state index contributed by atoms with van der Waals surface area (Å²) in [4.78, 5) is 12.7. The number of hydrogen-bond donors (Lipinski definition) is 2. The van der Waals surface area contributed by atoms with E-state index in [4.69, 9.17) is 10.5 Å². The first-order chi connectivity index (χ1) is 11.7. The Morgan fingerprint density at radius 1 is 1.24 bits per heavy atom. The molecule has 25 heavy (non-hydrogen) atoms. The molecule has 1 aliphatic heterocycles. The molecule has 3 N–H and O–H groups in total. The number of nitrogens with two attached hydrogens (primary N) is 1. The van der Waals surface area contributed by atoms with E-state index >= 15 is 0 Å². The van der Waals surface area contributed by atoms with Crippen molar-refractivity contribution in [1.29, 1.82) is 0 Å². The third-order valence-electron chi connectivity index (χ3n) is 4.77. The third kappa shape index (κ3) is 4.60. The first-order valence-corrected chi connectivity index (χ1v) is 8.34. The van der Waals surface area contributed by atoms with Gasteiger partial charge in [-0.25, -0.2) is 0 Å². The number of rotatable bonds is 6. The number of carbonyl (C=O) groups excluding carboxylic acids is 1. The minimum absolute atomic E-state index is 0. The average Bonchev–Trinajstić information content (AvgIpc) is 3.14. The largest absolute Gasteiger partial charge is 0.381 e. The molecule has 6 nitrogen and oxygen atoms in total. The van der Waals surface area contributed by atoms with Gasteiger partial charge in [-0.2, -0.15) is 5.10 Å². The molecule has 0 saturated carbocycles. The lowest BCUT2D eigenvalue weighted by Gasteiger charge is -2.34. The molecule has 1 fully saturated rings. The van der Waals surface area contributed by atoms with Crippen molar-refractivity contribution < 1.29 is 9.53 Å². The highest BCUT2D eigenvalue weighted by Crippen LogP contribution is 2.29. The smallest absolute Gasteiger partial charge is 0.227 e. The molecule has 0 bridgehead atoms. The van der Waals surface area contributed by atoms with Crippen LogP contribution < -0.4 is 11.1 Å². The van der Waals surface area contributed by atoms with Crippen molar-refractivity contribution in [2.45, 2.75) is 25.9 Å². The van der Waals surface area contributed by atoms with Crippen molar-refractivity contribution in [2.75, 3.05) is 19.8 Å². The Labute approximate surface area is 154 Å². The van der Waals surface area contributed by atoms with Crippen LogP contribution in [0.1, 0.15) is 24.0 Å². The highest BCUT2D eigenvalue weighted by atomic mass is 35.5.